The highest BCUT2D eigenvalue weighted by atomic mass is 32.3. The third kappa shape index (κ3) is 6.04. The molecular formula is C3HF5O3S. The Morgan fingerprint density at radius 2 is 1.75 bits per heavy atom. The van der Waals surface area contributed by atoms with Gasteiger partial charge in [-0.05, 0) is 0 Å². The average Bonchev–Trinajstić information content (AvgIpc) is 1.48. The number of halogens is 5. The first-order valence-electron chi connectivity index (χ1n) is 2.19. The molecule has 0 spiro atoms. The van der Waals surface area contributed by atoms with Crippen LogP contribution < -0.4 is 0 Å². The van der Waals surface area contributed by atoms with Crippen LogP contribution in [0.4, 0.5) is 21.4 Å². The summed E-state index contributed by atoms with van der Waals surface area (Å²) in [5.74, 6) is 0. The van der Waals surface area contributed by atoms with Gasteiger partial charge in [0, 0.05) is 0 Å². The molecule has 0 aromatic heterocycles. The quantitative estimate of drug-likeness (QED) is 0.527. The SMILES string of the molecule is O=S(=O)(F)OC(F)(F)C=C(F)F. The fourth-order valence-corrected chi connectivity index (χ4v) is 0.597. The molecule has 0 radical (unpaired) electrons. The molecule has 0 aliphatic carbocycles. The Hall–Kier alpha value is -0.700. The van der Waals surface area contributed by atoms with Crippen molar-refractivity contribution in [2.75, 3.05) is 0 Å². The Morgan fingerprint density at radius 3 is 2.00 bits per heavy atom. The normalized spacial score (nSPS) is 12.8. The largest absolute Gasteiger partial charge is 0.442 e. The van der Waals surface area contributed by atoms with E-state index < -0.39 is 28.8 Å². The fourth-order valence-electron chi connectivity index (χ4n) is 0.284. The molecule has 0 amide bonds. The number of hydrogen-bond donors (Lipinski definition) is 0. The Labute approximate surface area is 63.9 Å². The van der Waals surface area contributed by atoms with Gasteiger partial charge in [-0.25, -0.2) is 0 Å². The Morgan fingerprint density at radius 1 is 1.33 bits per heavy atom. The van der Waals surface area contributed by atoms with Crippen molar-refractivity contribution in [3.05, 3.63) is 12.2 Å². The molecule has 0 aromatic carbocycles. The van der Waals surface area contributed by atoms with E-state index in [-0.39, 0.29) is 0 Å². The first-order valence-corrected chi connectivity index (χ1v) is 3.50. The minimum Gasteiger partial charge on any atom is -0.173 e. The predicted molar refractivity (Wildman–Crippen MR) is 26.4 cm³/mol. The summed E-state index contributed by atoms with van der Waals surface area (Å²) in [7, 11) is -5.96. The standard InChI is InChI=1S/C3HF5O3S/c4-2(5)1-3(6,7)11-12(8,9)10/h1H. The van der Waals surface area contributed by atoms with Crippen LogP contribution in [0.5, 0.6) is 0 Å². The van der Waals surface area contributed by atoms with Crippen LogP contribution in [-0.4, -0.2) is 14.5 Å². The minimum atomic E-state index is -5.96. The van der Waals surface area contributed by atoms with Gasteiger partial charge in [-0.2, -0.15) is 30.2 Å². The zero-order valence-corrected chi connectivity index (χ0v) is 5.92. The van der Waals surface area contributed by atoms with Crippen LogP contribution in [0.25, 0.3) is 0 Å². The highest BCUT2D eigenvalue weighted by molar-refractivity contribution is 7.81. The van der Waals surface area contributed by atoms with E-state index in [2.05, 4.69) is 4.18 Å². The van der Waals surface area contributed by atoms with Crippen LogP contribution in [0.2, 0.25) is 0 Å². The van der Waals surface area contributed by atoms with Gasteiger partial charge in [-0.3, -0.25) is 0 Å². The molecule has 0 bridgehead atoms. The summed E-state index contributed by atoms with van der Waals surface area (Å²) in [5.41, 5.74) is 0. The second kappa shape index (κ2) is 3.35. The van der Waals surface area contributed by atoms with E-state index in [9.17, 15) is 29.9 Å². The van der Waals surface area contributed by atoms with E-state index in [1.807, 2.05) is 0 Å². The first-order chi connectivity index (χ1) is 5.12. The molecule has 0 aliphatic rings. The zero-order chi connectivity index (χ0) is 9.99. The number of rotatable bonds is 3. The highest BCUT2D eigenvalue weighted by Crippen LogP contribution is 2.23. The van der Waals surface area contributed by atoms with Crippen molar-refractivity contribution in [1.29, 1.82) is 0 Å². The van der Waals surface area contributed by atoms with Crippen LogP contribution in [0.3, 0.4) is 0 Å². The summed E-state index contributed by atoms with van der Waals surface area (Å²) in [4.78, 5) is 0. The lowest BCUT2D eigenvalue weighted by molar-refractivity contribution is -0.132. The predicted octanol–water partition coefficient (Wildman–Crippen LogP) is 1.59. The van der Waals surface area contributed by atoms with E-state index in [1.54, 1.807) is 0 Å². The van der Waals surface area contributed by atoms with Crippen molar-refractivity contribution >= 4 is 10.5 Å². The molecule has 0 aromatic rings. The topological polar surface area (TPSA) is 43.4 Å². The molecule has 0 saturated heterocycles. The van der Waals surface area contributed by atoms with E-state index >= 15 is 0 Å². The average molecular weight is 212 g/mol. The van der Waals surface area contributed by atoms with Gasteiger partial charge in [0.15, 0.2) is 0 Å². The molecule has 72 valence electrons. The summed E-state index contributed by atoms with van der Waals surface area (Å²) in [6.45, 7) is 0. The van der Waals surface area contributed by atoms with Gasteiger partial charge in [0.25, 0.3) is 6.08 Å². The van der Waals surface area contributed by atoms with Gasteiger partial charge in [0.05, 0.1) is 6.08 Å². The zero-order valence-electron chi connectivity index (χ0n) is 5.10. The second-order valence-corrected chi connectivity index (χ2v) is 2.43. The molecule has 0 unspecified atom stereocenters. The van der Waals surface area contributed by atoms with Gasteiger partial charge in [0.2, 0.25) is 0 Å². The summed E-state index contributed by atoms with van der Waals surface area (Å²) in [6, 6.07) is 0. The molecule has 9 heteroatoms. The molecule has 0 aliphatic heterocycles. The Bertz CT molecular complexity index is 276. The Balaban J connectivity index is 4.56. The minimum absolute atomic E-state index is 1.13. The van der Waals surface area contributed by atoms with Crippen LogP contribution in [0, 0.1) is 0 Å². The third-order valence-corrected chi connectivity index (χ3v) is 0.909. The smallest absolute Gasteiger partial charge is 0.173 e. The summed E-state index contributed by atoms with van der Waals surface area (Å²) in [6.07, 6.45) is -8.89. The molecule has 0 rings (SSSR count). The lowest BCUT2D eigenvalue weighted by Gasteiger charge is -2.06. The molecule has 12 heavy (non-hydrogen) atoms. The molecule has 0 N–H and O–H groups in total. The monoisotopic (exact) mass is 212 g/mol. The van der Waals surface area contributed by atoms with Gasteiger partial charge >= 0.3 is 16.6 Å². The Kier molecular flexibility index (Phi) is 3.16. The van der Waals surface area contributed by atoms with E-state index in [0.717, 1.165) is 0 Å². The summed E-state index contributed by atoms with van der Waals surface area (Å²) >= 11 is 0. The number of alkyl halides is 2. The van der Waals surface area contributed by atoms with Crippen LogP contribution in [-0.2, 0) is 14.7 Å². The highest BCUT2D eigenvalue weighted by Gasteiger charge is 2.35. The van der Waals surface area contributed by atoms with Crippen LogP contribution in [0.1, 0.15) is 0 Å². The van der Waals surface area contributed by atoms with Crippen LogP contribution in [0.15, 0.2) is 12.2 Å². The summed E-state index contributed by atoms with van der Waals surface area (Å²) in [5, 5.41) is 0. The van der Waals surface area contributed by atoms with Gasteiger partial charge in [0.1, 0.15) is 0 Å². The molecule has 0 saturated carbocycles. The molecule has 0 heterocycles. The van der Waals surface area contributed by atoms with Gasteiger partial charge in [-0.15, -0.1) is 0 Å². The lowest BCUT2D eigenvalue weighted by Crippen LogP contribution is -2.20. The third-order valence-electron chi connectivity index (χ3n) is 0.488. The maximum absolute atomic E-state index is 11.8. The van der Waals surface area contributed by atoms with E-state index in [0.29, 0.717) is 0 Å². The van der Waals surface area contributed by atoms with Gasteiger partial charge in [-0.1, -0.05) is 3.89 Å². The molecule has 0 atom stereocenters. The van der Waals surface area contributed by atoms with Crippen molar-refractivity contribution in [2.24, 2.45) is 0 Å². The van der Waals surface area contributed by atoms with Crippen molar-refractivity contribution in [3.63, 3.8) is 0 Å². The maximum atomic E-state index is 11.8. The first kappa shape index (κ1) is 11.3. The van der Waals surface area contributed by atoms with Crippen molar-refractivity contribution in [2.45, 2.75) is 6.11 Å². The van der Waals surface area contributed by atoms with Crippen molar-refractivity contribution < 1.29 is 34.0 Å². The van der Waals surface area contributed by atoms with E-state index in [1.165, 1.54) is 0 Å². The van der Waals surface area contributed by atoms with Crippen LogP contribution >= 0.6 is 0 Å². The van der Waals surface area contributed by atoms with Crippen molar-refractivity contribution in [3.8, 4) is 0 Å². The van der Waals surface area contributed by atoms with Gasteiger partial charge < -0.3 is 0 Å². The lowest BCUT2D eigenvalue weighted by atomic mass is 10.6. The maximum Gasteiger partial charge on any atom is 0.442 e. The fraction of sp³-hybridized carbons (Fsp3) is 0.333. The van der Waals surface area contributed by atoms with Crippen molar-refractivity contribution in [1.82, 2.24) is 0 Å². The molecular weight excluding hydrogens is 211 g/mol. The molecule has 0 fully saturated rings. The summed E-state index contributed by atoms with van der Waals surface area (Å²) < 4.78 is 78.2. The number of hydrogen-bond acceptors (Lipinski definition) is 3. The molecule has 3 nitrogen and oxygen atoms in total. The second-order valence-electron chi connectivity index (χ2n) is 1.47. The van der Waals surface area contributed by atoms with E-state index in [4.69, 9.17) is 0 Å².